The lowest BCUT2D eigenvalue weighted by Gasteiger charge is -2.07. The van der Waals surface area contributed by atoms with E-state index in [1.54, 1.807) is 12.4 Å². The SMILES string of the molecule is OC(CCl)CNCc1cccnc1. The van der Waals surface area contributed by atoms with Gasteiger partial charge in [-0.3, -0.25) is 4.98 Å². The van der Waals surface area contributed by atoms with E-state index >= 15 is 0 Å². The van der Waals surface area contributed by atoms with Crippen LogP contribution in [0.1, 0.15) is 5.56 Å². The molecule has 3 nitrogen and oxygen atoms in total. The summed E-state index contributed by atoms with van der Waals surface area (Å²) in [6.07, 6.45) is 3.05. The first-order chi connectivity index (χ1) is 6.33. The first-order valence-corrected chi connectivity index (χ1v) is 4.70. The van der Waals surface area contributed by atoms with Crippen molar-refractivity contribution < 1.29 is 5.11 Å². The number of nitrogens with one attached hydrogen (secondary N) is 1. The summed E-state index contributed by atoms with van der Waals surface area (Å²) in [5, 5.41) is 12.2. The Morgan fingerprint density at radius 2 is 2.46 bits per heavy atom. The molecule has 1 aromatic rings. The van der Waals surface area contributed by atoms with Crippen molar-refractivity contribution in [3.8, 4) is 0 Å². The molecule has 0 saturated heterocycles. The van der Waals surface area contributed by atoms with Crippen molar-refractivity contribution in [2.75, 3.05) is 12.4 Å². The van der Waals surface area contributed by atoms with Crippen molar-refractivity contribution in [2.45, 2.75) is 12.6 Å². The van der Waals surface area contributed by atoms with E-state index in [1.807, 2.05) is 12.1 Å². The Morgan fingerprint density at radius 3 is 3.08 bits per heavy atom. The van der Waals surface area contributed by atoms with E-state index in [4.69, 9.17) is 16.7 Å². The van der Waals surface area contributed by atoms with Crippen LogP contribution in [0.5, 0.6) is 0 Å². The van der Waals surface area contributed by atoms with Crippen LogP contribution in [0.2, 0.25) is 0 Å². The Kier molecular flexibility index (Phi) is 4.75. The van der Waals surface area contributed by atoms with E-state index in [0.29, 0.717) is 13.1 Å². The third-order valence-corrected chi connectivity index (χ3v) is 1.97. The van der Waals surface area contributed by atoms with Gasteiger partial charge in [0.05, 0.1) is 6.10 Å². The lowest BCUT2D eigenvalue weighted by molar-refractivity contribution is 0.194. The van der Waals surface area contributed by atoms with Crippen LogP contribution in [-0.4, -0.2) is 28.6 Å². The van der Waals surface area contributed by atoms with Crippen molar-refractivity contribution in [2.24, 2.45) is 0 Å². The third kappa shape index (κ3) is 4.22. The first-order valence-electron chi connectivity index (χ1n) is 4.16. The first kappa shape index (κ1) is 10.4. The van der Waals surface area contributed by atoms with Gasteiger partial charge >= 0.3 is 0 Å². The fourth-order valence-electron chi connectivity index (χ4n) is 0.940. The highest BCUT2D eigenvalue weighted by molar-refractivity contribution is 6.18. The van der Waals surface area contributed by atoms with Gasteiger partial charge in [0, 0.05) is 31.4 Å². The maximum absolute atomic E-state index is 9.13. The molecule has 0 saturated carbocycles. The molecule has 1 aromatic heterocycles. The minimum Gasteiger partial charge on any atom is -0.391 e. The molecule has 0 aliphatic heterocycles. The van der Waals surface area contributed by atoms with Crippen LogP contribution >= 0.6 is 11.6 Å². The Hall–Kier alpha value is -0.640. The van der Waals surface area contributed by atoms with E-state index in [-0.39, 0.29) is 5.88 Å². The van der Waals surface area contributed by atoms with Crippen LogP contribution in [0.15, 0.2) is 24.5 Å². The molecule has 1 heterocycles. The fraction of sp³-hybridized carbons (Fsp3) is 0.444. The van der Waals surface area contributed by atoms with Gasteiger partial charge in [0.1, 0.15) is 0 Å². The average Bonchev–Trinajstić information content (AvgIpc) is 2.19. The second-order valence-electron chi connectivity index (χ2n) is 2.80. The molecule has 0 aromatic carbocycles. The van der Waals surface area contributed by atoms with Gasteiger partial charge < -0.3 is 10.4 Å². The minimum atomic E-state index is -0.474. The van der Waals surface area contributed by atoms with Gasteiger partial charge in [-0.15, -0.1) is 11.6 Å². The Bertz CT molecular complexity index is 230. The van der Waals surface area contributed by atoms with Crippen LogP contribution in [0.3, 0.4) is 0 Å². The van der Waals surface area contributed by atoms with Gasteiger partial charge in [0.25, 0.3) is 0 Å². The van der Waals surface area contributed by atoms with Crippen LogP contribution in [-0.2, 0) is 6.54 Å². The number of aromatic nitrogens is 1. The molecule has 0 fully saturated rings. The lowest BCUT2D eigenvalue weighted by Crippen LogP contribution is -2.27. The van der Waals surface area contributed by atoms with Gasteiger partial charge in [-0.25, -0.2) is 0 Å². The molecule has 13 heavy (non-hydrogen) atoms. The monoisotopic (exact) mass is 200 g/mol. The molecule has 1 atom stereocenters. The highest BCUT2D eigenvalue weighted by Gasteiger charge is 2.00. The highest BCUT2D eigenvalue weighted by atomic mass is 35.5. The Balaban J connectivity index is 2.20. The number of rotatable bonds is 5. The number of hydrogen-bond acceptors (Lipinski definition) is 3. The normalized spacial score (nSPS) is 12.8. The summed E-state index contributed by atoms with van der Waals surface area (Å²) in [4.78, 5) is 3.97. The smallest absolute Gasteiger partial charge is 0.0799 e. The zero-order valence-corrected chi connectivity index (χ0v) is 8.04. The van der Waals surface area contributed by atoms with E-state index in [2.05, 4.69) is 10.3 Å². The number of aliphatic hydroxyl groups is 1. The Labute approximate surface area is 82.8 Å². The summed E-state index contributed by atoms with van der Waals surface area (Å²) < 4.78 is 0. The summed E-state index contributed by atoms with van der Waals surface area (Å²) in [5.74, 6) is 0.264. The summed E-state index contributed by atoms with van der Waals surface area (Å²) in [5.41, 5.74) is 1.10. The van der Waals surface area contributed by atoms with Gasteiger partial charge in [-0.2, -0.15) is 0 Å². The molecule has 4 heteroatoms. The number of aliphatic hydroxyl groups excluding tert-OH is 1. The van der Waals surface area contributed by atoms with E-state index in [1.165, 1.54) is 0 Å². The second kappa shape index (κ2) is 5.91. The number of hydrogen-bond donors (Lipinski definition) is 2. The van der Waals surface area contributed by atoms with E-state index < -0.39 is 6.10 Å². The highest BCUT2D eigenvalue weighted by Crippen LogP contribution is 1.94. The summed E-state index contributed by atoms with van der Waals surface area (Å²) >= 11 is 5.43. The van der Waals surface area contributed by atoms with E-state index in [0.717, 1.165) is 5.56 Å². The minimum absolute atomic E-state index is 0.264. The van der Waals surface area contributed by atoms with Gasteiger partial charge in [0.15, 0.2) is 0 Å². The summed E-state index contributed by atoms with van der Waals surface area (Å²) in [7, 11) is 0. The Morgan fingerprint density at radius 1 is 1.62 bits per heavy atom. The van der Waals surface area contributed by atoms with Crippen LogP contribution < -0.4 is 5.32 Å². The third-order valence-electron chi connectivity index (χ3n) is 1.61. The number of nitrogens with zero attached hydrogens (tertiary/aromatic N) is 1. The zero-order chi connectivity index (χ0) is 9.52. The van der Waals surface area contributed by atoms with Crippen molar-refractivity contribution >= 4 is 11.6 Å². The predicted octanol–water partition coefficient (Wildman–Crippen LogP) is 0.771. The quantitative estimate of drug-likeness (QED) is 0.691. The van der Waals surface area contributed by atoms with Crippen LogP contribution in [0.4, 0.5) is 0 Å². The molecular formula is C9H13ClN2O. The van der Waals surface area contributed by atoms with E-state index in [9.17, 15) is 0 Å². The molecule has 0 bridgehead atoms. The maximum atomic E-state index is 9.13. The molecule has 0 amide bonds. The van der Waals surface area contributed by atoms with Crippen molar-refractivity contribution in [1.29, 1.82) is 0 Å². The predicted molar refractivity (Wildman–Crippen MR) is 52.7 cm³/mol. The number of pyridine rings is 1. The zero-order valence-electron chi connectivity index (χ0n) is 7.28. The molecule has 0 aliphatic carbocycles. The number of alkyl halides is 1. The second-order valence-corrected chi connectivity index (χ2v) is 3.11. The fourth-order valence-corrected chi connectivity index (χ4v) is 1.05. The molecular weight excluding hydrogens is 188 g/mol. The molecule has 0 aliphatic rings. The summed E-state index contributed by atoms with van der Waals surface area (Å²) in [6.45, 7) is 1.22. The summed E-state index contributed by atoms with van der Waals surface area (Å²) in [6, 6.07) is 3.86. The lowest BCUT2D eigenvalue weighted by atomic mass is 10.3. The largest absolute Gasteiger partial charge is 0.391 e. The topological polar surface area (TPSA) is 45.1 Å². The molecule has 2 N–H and O–H groups in total. The molecule has 1 rings (SSSR count). The van der Waals surface area contributed by atoms with Crippen LogP contribution in [0.25, 0.3) is 0 Å². The maximum Gasteiger partial charge on any atom is 0.0799 e. The van der Waals surface area contributed by atoms with Crippen molar-refractivity contribution in [3.05, 3.63) is 30.1 Å². The van der Waals surface area contributed by atoms with Gasteiger partial charge in [0.2, 0.25) is 0 Å². The molecule has 0 spiro atoms. The van der Waals surface area contributed by atoms with Crippen molar-refractivity contribution in [3.63, 3.8) is 0 Å². The standard InChI is InChI=1S/C9H13ClN2O/c10-4-9(13)7-12-6-8-2-1-3-11-5-8/h1-3,5,9,12-13H,4,6-7H2. The van der Waals surface area contributed by atoms with Crippen LogP contribution in [0, 0.1) is 0 Å². The average molecular weight is 201 g/mol. The number of halogens is 1. The molecule has 0 radical (unpaired) electrons. The van der Waals surface area contributed by atoms with Gasteiger partial charge in [-0.05, 0) is 11.6 Å². The van der Waals surface area contributed by atoms with Gasteiger partial charge in [-0.1, -0.05) is 6.07 Å². The van der Waals surface area contributed by atoms with Crippen molar-refractivity contribution in [1.82, 2.24) is 10.3 Å². The molecule has 1 unspecified atom stereocenters. The molecule has 72 valence electrons.